The van der Waals surface area contributed by atoms with Crippen LogP contribution in [0.25, 0.3) is 0 Å². The van der Waals surface area contributed by atoms with Gasteiger partial charge in [-0.25, -0.2) is 0 Å². The summed E-state index contributed by atoms with van der Waals surface area (Å²) in [5, 5.41) is 3.50. The summed E-state index contributed by atoms with van der Waals surface area (Å²) in [5.41, 5.74) is 2.16. The Balaban J connectivity index is 1.85. The van der Waals surface area contributed by atoms with Gasteiger partial charge in [0.05, 0.1) is 5.69 Å². The molecule has 3 rings (SSSR count). The third-order valence-corrected chi connectivity index (χ3v) is 4.97. The summed E-state index contributed by atoms with van der Waals surface area (Å²) in [6.45, 7) is 2.41. The molecule has 1 aliphatic heterocycles. The lowest BCUT2D eigenvalue weighted by Gasteiger charge is -2.19. The third kappa shape index (κ3) is 3.22. The van der Waals surface area contributed by atoms with Gasteiger partial charge in [-0.2, -0.15) is 0 Å². The van der Waals surface area contributed by atoms with E-state index in [-0.39, 0.29) is 6.04 Å². The lowest BCUT2D eigenvalue weighted by Crippen LogP contribution is -2.07. The van der Waals surface area contributed by atoms with Crippen LogP contribution < -0.4 is 14.8 Å². The van der Waals surface area contributed by atoms with Gasteiger partial charge in [0.15, 0.2) is 11.5 Å². The average Bonchev–Trinajstić information content (AvgIpc) is 2.89. The van der Waals surface area contributed by atoms with Crippen LogP contribution in [0.15, 0.2) is 43.7 Å². The van der Waals surface area contributed by atoms with Gasteiger partial charge >= 0.3 is 0 Å². The number of nitrogens with one attached hydrogen (secondary N) is 1. The van der Waals surface area contributed by atoms with Crippen molar-refractivity contribution in [1.82, 2.24) is 0 Å². The summed E-state index contributed by atoms with van der Waals surface area (Å²) in [6, 6.07) is 10.2. The van der Waals surface area contributed by atoms with E-state index >= 15 is 0 Å². The number of halogens is 3. The molecule has 110 valence electrons. The SMILES string of the molecule is CC(Nc1c(Br)cc(Br)cc1Br)c1ccc2c(c1)OCO2. The summed E-state index contributed by atoms with van der Waals surface area (Å²) in [6.07, 6.45) is 0. The van der Waals surface area contributed by atoms with Gasteiger partial charge in [-0.3, -0.25) is 0 Å². The second-order valence-electron chi connectivity index (χ2n) is 4.72. The Hall–Kier alpha value is -0.720. The molecule has 0 bridgehead atoms. The van der Waals surface area contributed by atoms with Crippen molar-refractivity contribution in [1.29, 1.82) is 0 Å². The van der Waals surface area contributed by atoms with Gasteiger partial charge in [-0.1, -0.05) is 22.0 Å². The first-order valence-corrected chi connectivity index (χ1v) is 8.73. The second kappa shape index (κ2) is 6.18. The van der Waals surface area contributed by atoms with E-state index in [1.807, 2.05) is 30.3 Å². The molecule has 0 amide bonds. The summed E-state index contributed by atoms with van der Waals surface area (Å²) in [7, 11) is 0. The zero-order valence-corrected chi connectivity index (χ0v) is 15.9. The maximum absolute atomic E-state index is 5.43. The third-order valence-electron chi connectivity index (χ3n) is 3.26. The van der Waals surface area contributed by atoms with Gasteiger partial charge in [-0.05, 0) is 68.6 Å². The van der Waals surface area contributed by atoms with Crippen molar-refractivity contribution in [3.05, 3.63) is 49.3 Å². The van der Waals surface area contributed by atoms with Gasteiger partial charge < -0.3 is 14.8 Å². The number of anilines is 1. The zero-order valence-electron chi connectivity index (χ0n) is 11.1. The molecule has 0 spiro atoms. The van der Waals surface area contributed by atoms with E-state index in [2.05, 4.69) is 60.0 Å². The summed E-state index contributed by atoms with van der Waals surface area (Å²) in [4.78, 5) is 0. The Bertz CT molecular complexity index is 668. The second-order valence-corrected chi connectivity index (χ2v) is 7.35. The van der Waals surface area contributed by atoms with E-state index in [4.69, 9.17) is 9.47 Å². The average molecular weight is 478 g/mol. The Morgan fingerprint density at radius 1 is 1.00 bits per heavy atom. The Kier molecular flexibility index (Phi) is 4.47. The molecule has 0 saturated heterocycles. The molecule has 1 unspecified atom stereocenters. The summed E-state index contributed by atoms with van der Waals surface area (Å²) in [5.74, 6) is 1.60. The molecule has 6 heteroatoms. The minimum Gasteiger partial charge on any atom is -0.454 e. The number of fused-ring (bicyclic) bond motifs is 1. The molecular weight excluding hydrogens is 466 g/mol. The van der Waals surface area contributed by atoms with Crippen molar-refractivity contribution in [2.24, 2.45) is 0 Å². The fraction of sp³-hybridized carbons (Fsp3) is 0.200. The highest BCUT2D eigenvalue weighted by Crippen LogP contribution is 2.38. The topological polar surface area (TPSA) is 30.5 Å². The fourth-order valence-corrected chi connectivity index (χ4v) is 4.65. The van der Waals surface area contributed by atoms with Crippen LogP contribution in [0.3, 0.4) is 0 Å². The Morgan fingerprint density at radius 2 is 1.67 bits per heavy atom. The van der Waals surface area contributed by atoms with Crippen LogP contribution >= 0.6 is 47.8 Å². The molecule has 1 atom stereocenters. The molecule has 1 aliphatic rings. The van der Waals surface area contributed by atoms with Crippen LogP contribution in [0.5, 0.6) is 11.5 Å². The van der Waals surface area contributed by atoms with Crippen LogP contribution in [0.1, 0.15) is 18.5 Å². The molecule has 0 fully saturated rings. The number of rotatable bonds is 3. The highest BCUT2D eigenvalue weighted by molar-refractivity contribution is 9.11. The van der Waals surface area contributed by atoms with Gasteiger partial charge in [0.25, 0.3) is 0 Å². The van der Waals surface area contributed by atoms with E-state index in [1.54, 1.807) is 0 Å². The van der Waals surface area contributed by atoms with Crippen LogP contribution in [-0.4, -0.2) is 6.79 Å². The minimum atomic E-state index is 0.133. The highest BCUT2D eigenvalue weighted by Gasteiger charge is 2.17. The molecule has 3 nitrogen and oxygen atoms in total. The van der Waals surface area contributed by atoms with Gasteiger partial charge in [0.1, 0.15) is 0 Å². The monoisotopic (exact) mass is 475 g/mol. The van der Waals surface area contributed by atoms with Crippen LogP contribution in [0, 0.1) is 0 Å². The van der Waals surface area contributed by atoms with Crippen molar-refractivity contribution in [2.45, 2.75) is 13.0 Å². The highest BCUT2D eigenvalue weighted by atomic mass is 79.9. The van der Waals surface area contributed by atoms with Gasteiger partial charge in [0, 0.05) is 19.5 Å². The zero-order chi connectivity index (χ0) is 15.0. The summed E-state index contributed by atoms with van der Waals surface area (Å²) >= 11 is 10.6. The van der Waals surface area contributed by atoms with E-state index < -0.39 is 0 Å². The summed E-state index contributed by atoms with van der Waals surface area (Å²) < 4.78 is 13.8. The van der Waals surface area contributed by atoms with Crippen molar-refractivity contribution in [2.75, 3.05) is 12.1 Å². The largest absolute Gasteiger partial charge is 0.454 e. The minimum absolute atomic E-state index is 0.133. The molecule has 1 heterocycles. The maximum Gasteiger partial charge on any atom is 0.231 e. The Labute approximate surface area is 148 Å². The molecule has 0 aromatic heterocycles. The van der Waals surface area contributed by atoms with E-state index in [0.717, 1.165) is 36.2 Å². The van der Waals surface area contributed by atoms with Crippen LogP contribution in [-0.2, 0) is 0 Å². The van der Waals surface area contributed by atoms with Crippen molar-refractivity contribution < 1.29 is 9.47 Å². The molecule has 21 heavy (non-hydrogen) atoms. The first-order valence-electron chi connectivity index (χ1n) is 6.35. The van der Waals surface area contributed by atoms with Crippen LogP contribution in [0.2, 0.25) is 0 Å². The number of hydrogen-bond donors (Lipinski definition) is 1. The normalized spacial score (nSPS) is 14.1. The molecule has 2 aromatic rings. The Morgan fingerprint density at radius 3 is 2.38 bits per heavy atom. The van der Waals surface area contributed by atoms with E-state index in [0.29, 0.717) is 6.79 Å². The lowest BCUT2D eigenvalue weighted by molar-refractivity contribution is 0.174. The molecular formula is C15H12Br3NO2. The first-order chi connectivity index (χ1) is 10.0. The van der Waals surface area contributed by atoms with Crippen molar-refractivity contribution >= 4 is 53.5 Å². The fourth-order valence-electron chi connectivity index (χ4n) is 2.16. The molecule has 0 aliphatic carbocycles. The smallest absolute Gasteiger partial charge is 0.231 e. The number of ether oxygens (including phenoxy) is 2. The standard InChI is InChI=1S/C15H12Br3NO2/c1-8(9-2-3-13-14(4-9)21-7-20-13)19-15-11(17)5-10(16)6-12(15)18/h2-6,8,19H,7H2,1H3. The molecule has 0 saturated carbocycles. The number of hydrogen-bond acceptors (Lipinski definition) is 3. The lowest BCUT2D eigenvalue weighted by atomic mass is 10.1. The van der Waals surface area contributed by atoms with Crippen molar-refractivity contribution in [3.63, 3.8) is 0 Å². The maximum atomic E-state index is 5.43. The molecule has 1 N–H and O–H groups in total. The predicted molar refractivity (Wildman–Crippen MR) is 94.1 cm³/mol. The first kappa shape index (κ1) is 15.2. The number of benzene rings is 2. The van der Waals surface area contributed by atoms with E-state index in [1.165, 1.54) is 0 Å². The van der Waals surface area contributed by atoms with Crippen molar-refractivity contribution in [3.8, 4) is 11.5 Å². The molecule has 0 radical (unpaired) electrons. The molecule has 2 aromatic carbocycles. The van der Waals surface area contributed by atoms with E-state index in [9.17, 15) is 0 Å². The van der Waals surface area contributed by atoms with Gasteiger partial charge in [0.2, 0.25) is 6.79 Å². The van der Waals surface area contributed by atoms with Crippen LogP contribution in [0.4, 0.5) is 5.69 Å². The predicted octanol–water partition coefficient (Wildman–Crippen LogP) is 5.88. The van der Waals surface area contributed by atoms with Gasteiger partial charge in [-0.15, -0.1) is 0 Å². The quantitative estimate of drug-likeness (QED) is 0.599.